The van der Waals surface area contributed by atoms with Crippen LogP contribution in [-0.2, 0) is 22.8 Å². The third-order valence-electron chi connectivity index (χ3n) is 6.53. The van der Waals surface area contributed by atoms with Crippen molar-refractivity contribution in [1.82, 2.24) is 9.29 Å². The van der Waals surface area contributed by atoms with Crippen molar-refractivity contribution < 1.29 is 28.4 Å². The van der Waals surface area contributed by atoms with E-state index in [1.807, 2.05) is 12.1 Å². The zero-order valence-electron chi connectivity index (χ0n) is 20.6. The summed E-state index contributed by atoms with van der Waals surface area (Å²) in [6.07, 6.45) is 1.80. The van der Waals surface area contributed by atoms with Gasteiger partial charge in [0.15, 0.2) is 22.5 Å². The molecule has 2 unspecified atom stereocenters. The Kier molecular flexibility index (Phi) is 6.47. The zero-order valence-corrected chi connectivity index (χ0v) is 21.4. The van der Waals surface area contributed by atoms with E-state index in [2.05, 4.69) is 18.6 Å². The first-order valence-corrected chi connectivity index (χ1v) is 12.9. The lowest BCUT2D eigenvalue weighted by Gasteiger charge is -2.18. The van der Waals surface area contributed by atoms with E-state index in [0.717, 1.165) is 10.9 Å². The molecule has 0 radical (unpaired) electrons. The van der Waals surface area contributed by atoms with Crippen LogP contribution in [0.1, 0.15) is 52.7 Å². The minimum Gasteiger partial charge on any atom is -0.478 e. The average Bonchev–Trinajstić information content (AvgIpc) is 3.48. The molecule has 3 aromatic carbocycles. The number of carbonyl (C=O) groups is 2. The Bertz CT molecular complexity index is 1540. The lowest BCUT2D eigenvalue weighted by atomic mass is 9.90. The molecule has 2 N–H and O–H groups in total. The van der Waals surface area contributed by atoms with E-state index >= 15 is 0 Å². The third kappa shape index (κ3) is 4.70. The van der Waals surface area contributed by atoms with Crippen molar-refractivity contribution in [1.29, 1.82) is 0 Å². The van der Waals surface area contributed by atoms with Gasteiger partial charge >= 0.3 is 5.97 Å². The van der Waals surface area contributed by atoms with Crippen LogP contribution in [0.4, 0.5) is 0 Å². The molecule has 1 amide bonds. The van der Waals surface area contributed by atoms with Crippen molar-refractivity contribution in [2.75, 3.05) is 6.79 Å². The summed E-state index contributed by atoms with van der Waals surface area (Å²) in [4.78, 5) is 25.8. The standard InChI is InChI=1S/C28H26N2O6S/c1-16(2)17-4-8-20(9-5-17)37(34)29-27(31)26(18-7-11-24-25(13-18)36-15-35-24)22-14-30(3)23-12-19(28(32)33)6-10-21(22)23/h4-14,16,26H,15H2,1-3H3,(H,29,31)(H,32,33). The van der Waals surface area contributed by atoms with Gasteiger partial charge in [0.25, 0.3) is 0 Å². The number of aryl methyl sites for hydroxylation is 1. The summed E-state index contributed by atoms with van der Waals surface area (Å²) in [5, 5.41) is 10.1. The second-order valence-corrected chi connectivity index (χ2v) is 10.4. The molecule has 1 aliphatic heterocycles. The second kappa shape index (κ2) is 9.74. The van der Waals surface area contributed by atoms with Gasteiger partial charge in [-0.25, -0.2) is 9.00 Å². The molecule has 4 aromatic rings. The maximum Gasteiger partial charge on any atom is 0.335 e. The Hall–Kier alpha value is -4.11. The molecular weight excluding hydrogens is 492 g/mol. The Morgan fingerprint density at radius 2 is 1.68 bits per heavy atom. The van der Waals surface area contributed by atoms with E-state index in [-0.39, 0.29) is 12.4 Å². The lowest BCUT2D eigenvalue weighted by molar-refractivity contribution is -0.119. The van der Waals surface area contributed by atoms with Gasteiger partial charge in [0.2, 0.25) is 12.7 Å². The molecule has 8 nitrogen and oxygen atoms in total. The number of carboxylic acid groups (broad SMARTS) is 1. The fourth-order valence-electron chi connectivity index (χ4n) is 4.53. The molecule has 0 fully saturated rings. The fraction of sp³-hybridized carbons (Fsp3) is 0.214. The number of amides is 1. The van der Waals surface area contributed by atoms with Crippen LogP contribution in [0, 0.1) is 0 Å². The van der Waals surface area contributed by atoms with Gasteiger partial charge in [-0.2, -0.15) is 0 Å². The number of carboxylic acids is 1. The predicted octanol–water partition coefficient (Wildman–Crippen LogP) is 4.70. The summed E-state index contributed by atoms with van der Waals surface area (Å²) >= 11 is 0. The Balaban J connectivity index is 1.55. The van der Waals surface area contributed by atoms with Crippen LogP contribution in [0.5, 0.6) is 11.5 Å². The highest BCUT2D eigenvalue weighted by Gasteiger charge is 2.30. The maximum absolute atomic E-state index is 13.8. The number of aromatic nitrogens is 1. The molecule has 0 aliphatic carbocycles. The minimum absolute atomic E-state index is 0.0955. The summed E-state index contributed by atoms with van der Waals surface area (Å²) in [7, 11) is 0.0131. The van der Waals surface area contributed by atoms with Gasteiger partial charge in [0.05, 0.1) is 16.4 Å². The monoisotopic (exact) mass is 518 g/mol. The van der Waals surface area contributed by atoms with E-state index in [1.165, 1.54) is 6.07 Å². The van der Waals surface area contributed by atoms with Crippen LogP contribution in [0.15, 0.2) is 71.8 Å². The number of nitrogens with one attached hydrogen (secondary N) is 1. The van der Waals surface area contributed by atoms with Gasteiger partial charge < -0.3 is 19.1 Å². The second-order valence-electron chi connectivity index (χ2n) is 9.24. The largest absolute Gasteiger partial charge is 0.478 e. The molecule has 9 heteroatoms. The highest BCUT2D eigenvalue weighted by Crippen LogP contribution is 2.39. The molecule has 0 bridgehead atoms. The first kappa shape index (κ1) is 24.6. The van der Waals surface area contributed by atoms with Crippen LogP contribution in [0.25, 0.3) is 10.9 Å². The quantitative estimate of drug-likeness (QED) is 0.367. The normalized spacial score (nSPS) is 14.1. The van der Waals surface area contributed by atoms with E-state index in [1.54, 1.807) is 60.3 Å². The molecule has 0 spiro atoms. The molecule has 2 heterocycles. The van der Waals surface area contributed by atoms with E-state index in [4.69, 9.17) is 9.47 Å². The molecule has 5 rings (SSSR count). The Morgan fingerprint density at radius 1 is 0.973 bits per heavy atom. The van der Waals surface area contributed by atoms with Crippen molar-refractivity contribution in [2.45, 2.75) is 30.6 Å². The number of hydrogen-bond acceptors (Lipinski definition) is 5. The number of fused-ring (bicyclic) bond motifs is 2. The number of hydrogen-bond donors (Lipinski definition) is 2. The SMILES string of the molecule is CC(C)c1ccc(S(=O)NC(=O)C(c2ccc3c(c2)OCO3)c2cn(C)c3cc(C(=O)O)ccc23)cc1. The number of ether oxygens (including phenoxy) is 2. The van der Waals surface area contributed by atoms with Gasteiger partial charge in [-0.1, -0.05) is 38.1 Å². The van der Waals surface area contributed by atoms with Crippen LogP contribution in [0.2, 0.25) is 0 Å². The summed E-state index contributed by atoms with van der Waals surface area (Å²) < 4.78 is 28.6. The van der Waals surface area contributed by atoms with E-state index < -0.39 is 28.8 Å². The third-order valence-corrected chi connectivity index (χ3v) is 7.61. The first-order chi connectivity index (χ1) is 17.7. The number of aromatic carboxylic acids is 1. The van der Waals surface area contributed by atoms with Crippen LogP contribution < -0.4 is 14.2 Å². The van der Waals surface area contributed by atoms with Gasteiger partial charge in [-0.05, 0) is 59.0 Å². The predicted molar refractivity (Wildman–Crippen MR) is 139 cm³/mol. The molecule has 190 valence electrons. The smallest absolute Gasteiger partial charge is 0.335 e. The van der Waals surface area contributed by atoms with Crippen LogP contribution in [0.3, 0.4) is 0 Å². The molecule has 37 heavy (non-hydrogen) atoms. The molecule has 1 aromatic heterocycles. The lowest BCUT2D eigenvalue weighted by Crippen LogP contribution is -2.31. The molecule has 0 saturated heterocycles. The number of nitrogens with zero attached hydrogens (tertiary/aromatic N) is 1. The highest BCUT2D eigenvalue weighted by molar-refractivity contribution is 7.83. The van der Waals surface area contributed by atoms with Crippen molar-refractivity contribution in [3.05, 3.63) is 89.1 Å². The fourth-order valence-corrected chi connectivity index (χ4v) is 5.33. The summed E-state index contributed by atoms with van der Waals surface area (Å²) in [5.41, 5.74) is 3.21. The van der Waals surface area contributed by atoms with Gasteiger partial charge in [0.1, 0.15) is 0 Å². The van der Waals surface area contributed by atoms with Crippen molar-refractivity contribution in [2.24, 2.45) is 7.05 Å². The van der Waals surface area contributed by atoms with Gasteiger partial charge in [-0.3, -0.25) is 9.52 Å². The zero-order chi connectivity index (χ0) is 26.3. The summed E-state index contributed by atoms with van der Waals surface area (Å²) in [5.74, 6) is -0.892. The van der Waals surface area contributed by atoms with Crippen molar-refractivity contribution in [3.8, 4) is 11.5 Å². The maximum atomic E-state index is 13.8. The Morgan fingerprint density at radius 3 is 2.38 bits per heavy atom. The van der Waals surface area contributed by atoms with Crippen molar-refractivity contribution >= 4 is 33.8 Å². The summed E-state index contributed by atoms with van der Waals surface area (Å²) in [6.45, 7) is 4.25. The average molecular weight is 519 g/mol. The van der Waals surface area contributed by atoms with E-state index in [0.29, 0.717) is 39.0 Å². The minimum atomic E-state index is -1.78. The van der Waals surface area contributed by atoms with Crippen LogP contribution >= 0.6 is 0 Å². The molecule has 0 saturated carbocycles. The summed E-state index contributed by atoms with van der Waals surface area (Å²) in [6, 6.07) is 17.4. The topological polar surface area (TPSA) is 107 Å². The van der Waals surface area contributed by atoms with E-state index in [9.17, 15) is 18.9 Å². The molecule has 2 atom stereocenters. The number of benzene rings is 3. The Labute approximate surface area is 216 Å². The highest BCUT2D eigenvalue weighted by atomic mass is 32.2. The molecule has 1 aliphatic rings. The van der Waals surface area contributed by atoms with Crippen molar-refractivity contribution in [3.63, 3.8) is 0 Å². The van der Waals surface area contributed by atoms with Gasteiger partial charge in [0, 0.05) is 24.1 Å². The number of rotatable bonds is 7. The number of carbonyl (C=O) groups excluding carboxylic acids is 1. The van der Waals surface area contributed by atoms with Crippen LogP contribution in [-0.4, -0.2) is 32.6 Å². The first-order valence-electron chi connectivity index (χ1n) is 11.8. The van der Waals surface area contributed by atoms with Gasteiger partial charge in [-0.15, -0.1) is 0 Å². The molecular formula is C28H26N2O6S.